The van der Waals surface area contributed by atoms with Gasteiger partial charge in [-0.25, -0.2) is 4.79 Å². The van der Waals surface area contributed by atoms with Gasteiger partial charge in [0.2, 0.25) is 0 Å². The Hall–Kier alpha value is -0.250. The molecule has 1 aromatic rings. The van der Waals surface area contributed by atoms with Crippen molar-refractivity contribution in [2.24, 2.45) is 0 Å². The van der Waals surface area contributed by atoms with Crippen LogP contribution in [-0.4, -0.2) is 38.8 Å². The highest BCUT2D eigenvalue weighted by molar-refractivity contribution is 8.07. The lowest BCUT2D eigenvalue weighted by atomic mass is 10.2. The maximum absolute atomic E-state index is 12.0. The normalized spacial score (nSPS) is 35.1. The second kappa shape index (κ2) is 6.48. The first-order valence-electron chi connectivity index (χ1n) is 7.08. The highest BCUT2D eigenvalue weighted by Crippen LogP contribution is 2.61. The number of fused-ring (bicyclic) bond motifs is 1. The van der Waals surface area contributed by atoms with E-state index in [2.05, 4.69) is 4.98 Å². The van der Waals surface area contributed by atoms with Crippen LogP contribution in [0.4, 0.5) is 0 Å². The molecule has 4 atom stereocenters. The fourth-order valence-corrected chi connectivity index (χ4v) is 5.87. The van der Waals surface area contributed by atoms with Crippen molar-refractivity contribution in [2.75, 3.05) is 6.61 Å². The summed E-state index contributed by atoms with van der Waals surface area (Å²) < 4.78 is 22.0. The zero-order valence-corrected chi connectivity index (χ0v) is 15.9. The number of hydrogen-bond donors (Lipinski definition) is 1. The largest absolute Gasteiger partial charge is 0.346 e. The van der Waals surface area contributed by atoms with Gasteiger partial charge in [0.25, 0.3) is 5.56 Å². The number of hydrogen-bond acceptors (Lipinski definition) is 7. The third-order valence-electron chi connectivity index (χ3n) is 3.43. The smallest absolute Gasteiger partial charge is 0.330 e. The minimum absolute atomic E-state index is 0.0739. The van der Waals surface area contributed by atoms with Crippen LogP contribution in [0.3, 0.4) is 0 Å². The lowest BCUT2D eigenvalue weighted by Crippen LogP contribution is -2.44. The Kier molecular flexibility index (Phi) is 5.01. The van der Waals surface area contributed by atoms with Crippen molar-refractivity contribution in [2.45, 2.75) is 42.7 Å². The van der Waals surface area contributed by atoms with E-state index in [-0.39, 0.29) is 12.7 Å². The molecule has 0 spiro atoms. The molecule has 24 heavy (non-hydrogen) atoms. The second-order valence-electron chi connectivity index (χ2n) is 5.64. The summed E-state index contributed by atoms with van der Waals surface area (Å²) in [5.41, 5.74) is -1.24. The van der Waals surface area contributed by atoms with Gasteiger partial charge in [-0.3, -0.25) is 18.9 Å². The minimum atomic E-state index is -3.02. The molecule has 1 unspecified atom stereocenters. The van der Waals surface area contributed by atoms with E-state index >= 15 is 0 Å². The predicted octanol–water partition coefficient (Wildman–Crippen LogP) is 1.67. The van der Waals surface area contributed by atoms with Crippen molar-refractivity contribution in [3.05, 3.63) is 33.1 Å². The Morgan fingerprint density at radius 2 is 2.21 bits per heavy atom. The number of ether oxygens (including phenoxy) is 1. The monoisotopic (exact) mass is 416 g/mol. The van der Waals surface area contributed by atoms with E-state index in [9.17, 15) is 9.59 Å². The molecule has 2 saturated heterocycles. The number of nitrogens with zero attached hydrogens (tertiary/aromatic N) is 1. The molecule has 0 saturated carbocycles. The molecule has 1 N–H and O–H groups in total. The molecule has 0 amide bonds. The Balaban J connectivity index is 1.91. The number of aromatic nitrogens is 2. The van der Waals surface area contributed by atoms with Crippen molar-refractivity contribution in [1.82, 2.24) is 9.55 Å². The molecule has 0 radical (unpaired) electrons. The van der Waals surface area contributed by atoms with E-state index in [4.69, 9.17) is 53.3 Å². The number of nitrogens with one attached hydrogen (secondary N) is 1. The van der Waals surface area contributed by atoms with Crippen molar-refractivity contribution < 1.29 is 18.3 Å². The predicted molar refractivity (Wildman–Crippen MR) is 91.0 cm³/mol. The number of halogens is 2. The van der Waals surface area contributed by atoms with Gasteiger partial charge in [0.05, 0.1) is 12.7 Å². The van der Waals surface area contributed by atoms with Crippen molar-refractivity contribution in [3.8, 4) is 0 Å². The van der Waals surface area contributed by atoms with E-state index in [0.717, 1.165) is 4.57 Å². The molecular weight excluding hydrogens is 402 g/mol. The lowest BCUT2D eigenvalue weighted by Gasteiger charge is -2.36. The first kappa shape index (κ1) is 18.5. The molecule has 2 aliphatic rings. The molecule has 2 fully saturated rings. The average molecular weight is 417 g/mol. The Labute approximate surface area is 152 Å². The fourth-order valence-electron chi connectivity index (χ4n) is 2.49. The number of alkyl halides is 2. The molecular formula is C12H15Cl2N2O6PS. The fraction of sp³-hybridized carbons (Fsp3) is 0.667. The van der Waals surface area contributed by atoms with Crippen LogP contribution in [0, 0.1) is 0 Å². The van der Waals surface area contributed by atoms with Gasteiger partial charge < -0.3 is 13.8 Å². The van der Waals surface area contributed by atoms with Gasteiger partial charge in [-0.05, 0) is 25.7 Å². The number of H-pyrrole nitrogens is 1. The summed E-state index contributed by atoms with van der Waals surface area (Å²) in [6.45, 7) is 0.658. The first-order chi connectivity index (χ1) is 11.1. The summed E-state index contributed by atoms with van der Waals surface area (Å²) in [4.78, 5) is 25.3. The van der Waals surface area contributed by atoms with Gasteiger partial charge >= 0.3 is 12.4 Å². The van der Waals surface area contributed by atoms with E-state index < -0.39 is 40.7 Å². The Morgan fingerprint density at radius 3 is 2.83 bits per heavy atom. The zero-order valence-electron chi connectivity index (χ0n) is 12.7. The van der Waals surface area contributed by atoms with Crippen LogP contribution in [0.1, 0.15) is 20.1 Å². The molecule has 3 heterocycles. The van der Waals surface area contributed by atoms with Crippen LogP contribution in [0.15, 0.2) is 21.9 Å². The summed E-state index contributed by atoms with van der Waals surface area (Å²) in [6.07, 6.45) is -1.50. The Morgan fingerprint density at radius 1 is 1.50 bits per heavy atom. The van der Waals surface area contributed by atoms with Crippen LogP contribution in [-0.2, 0) is 30.1 Å². The van der Waals surface area contributed by atoms with Gasteiger partial charge in [0.15, 0.2) is 10.6 Å². The standard InChI is InChI=1S/C12H15Cl2N2O6PS/c1-6(2)21-23(24)19-5-7-9(22-23)12(13,14)10(20-7)16-4-3-8(17)15-11(16)18/h3-4,6-7,9-10H,5H2,1-2H3,(H,15,17,18)/t7-,9-,10-,23?/m1/s1. The lowest BCUT2D eigenvalue weighted by molar-refractivity contribution is -0.0651. The zero-order chi connectivity index (χ0) is 17.7. The summed E-state index contributed by atoms with van der Waals surface area (Å²) in [6, 6.07) is 1.17. The van der Waals surface area contributed by atoms with Crippen molar-refractivity contribution in [1.29, 1.82) is 0 Å². The van der Waals surface area contributed by atoms with Crippen LogP contribution in [0.5, 0.6) is 0 Å². The van der Waals surface area contributed by atoms with Gasteiger partial charge in [0.1, 0.15) is 12.2 Å². The van der Waals surface area contributed by atoms with Crippen LogP contribution in [0.25, 0.3) is 0 Å². The summed E-state index contributed by atoms with van der Waals surface area (Å²) in [7, 11) is 0. The molecule has 2 aliphatic heterocycles. The van der Waals surface area contributed by atoms with E-state index in [1.807, 2.05) is 0 Å². The minimum Gasteiger partial charge on any atom is -0.346 e. The molecule has 0 aliphatic carbocycles. The third kappa shape index (κ3) is 3.37. The van der Waals surface area contributed by atoms with E-state index in [1.165, 1.54) is 12.3 Å². The van der Waals surface area contributed by atoms with Crippen molar-refractivity contribution in [3.63, 3.8) is 0 Å². The molecule has 134 valence electrons. The van der Waals surface area contributed by atoms with Gasteiger partial charge in [0, 0.05) is 12.3 Å². The maximum atomic E-state index is 12.0. The first-order valence-corrected chi connectivity index (χ1v) is 10.4. The molecule has 12 heteroatoms. The van der Waals surface area contributed by atoms with Crippen LogP contribution < -0.4 is 11.2 Å². The summed E-state index contributed by atoms with van der Waals surface area (Å²) >= 11 is 18.2. The quantitative estimate of drug-likeness (QED) is 0.591. The summed E-state index contributed by atoms with van der Waals surface area (Å²) in [5, 5.41) is 0. The highest BCUT2D eigenvalue weighted by atomic mass is 35.5. The van der Waals surface area contributed by atoms with Crippen LogP contribution in [0.2, 0.25) is 0 Å². The van der Waals surface area contributed by atoms with Crippen molar-refractivity contribution >= 4 is 41.7 Å². The third-order valence-corrected chi connectivity index (χ3v) is 6.70. The van der Waals surface area contributed by atoms with Crippen LogP contribution >= 0.6 is 29.9 Å². The number of rotatable bonds is 3. The van der Waals surface area contributed by atoms with Gasteiger partial charge in [-0.15, -0.1) is 0 Å². The molecule has 1 aromatic heterocycles. The second-order valence-corrected chi connectivity index (χ2v) is 10.0. The Bertz CT molecular complexity index is 796. The van der Waals surface area contributed by atoms with E-state index in [1.54, 1.807) is 13.8 Å². The topological polar surface area (TPSA) is 91.8 Å². The SMILES string of the molecule is CC(C)OP1(=S)OC[C@H]2O[C@@H](n3ccc(=O)[nH]c3=O)C(Cl)(Cl)[C@@H]2O1. The maximum Gasteiger partial charge on any atom is 0.330 e. The molecule has 3 rings (SSSR count). The molecule has 8 nitrogen and oxygen atoms in total. The average Bonchev–Trinajstić information content (AvgIpc) is 2.69. The van der Waals surface area contributed by atoms with E-state index in [0.29, 0.717) is 0 Å². The molecule has 0 aromatic carbocycles. The van der Waals surface area contributed by atoms with Gasteiger partial charge in [-0.2, -0.15) is 0 Å². The number of aromatic amines is 1. The summed E-state index contributed by atoms with van der Waals surface area (Å²) in [5.74, 6) is 0. The van der Waals surface area contributed by atoms with Gasteiger partial charge in [-0.1, -0.05) is 23.2 Å². The molecule has 0 bridgehead atoms. The highest BCUT2D eigenvalue weighted by Gasteiger charge is 2.61.